The van der Waals surface area contributed by atoms with Gasteiger partial charge in [-0.05, 0) is 12.8 Å². The van der Waals surface area contributed by atoms with Gasteiger partial charge >= 0.3 is 6.18 Å². The van der Waals surface area contributed by atoms with Gasteiger partial charge in [0.1, 0.15) is 0 Å². The summed E-state index contributed by atoms with van der Waals surface area (Å²) in [7, 11) is 0. The molecule has 2 unspecified atom stereocenters. The SMILES string of the molecule is O=C(NCc1cn[nH]c1)C1CCCCC1C(F)(F)F. The number of hydrogen-bond donors (Lipinski definition) is 2. The molecule has 1 aromatic rings. The van der Waals surface area contributed by atoms with Gasteiger partial charge in [-0.3, -0.25) is 9.89 Å². The zero-order valence-electron chi connectivity index (χ0n) is 10.3. The zero-order chi connectivity index (χ0) is 13.9. The molecule has 1 aliphatic rings. The van der Waals surface area contributed by atoms with Crippen molar-refractivity contribution in [3.05, 3.63) is 18.0 Å². The minimum atomic E-state index is -4.29. The normalized spacial score (nSPS) is 24.2. The van der Waals surface area contributed by atoms with Crippen LogP contribution in [0.1, 0.15) is 31.2 Å². The average molecular weight is 275 g/mol. The lowest BCUT2D eigenvalue weighted by Crippen LogP contribution is -2.42. The molecule has 1 aromatic heterocycles. The van der Waals surface area contributed by atoms with Crippen molar-refractivity contribution in [2.75, 3.05) is 0 Å². The van der Waals surface area contributed by atoms with Crippen LogP contribution in [0.25, 0.3) is 0 Å². The summed E-state index contributed by atoms with van der Waals surface area (Å²) in [5.74, 6) is -2.98. The number of aromatic nitrogens is 2. The second kappa shape index (κ2) is 5.63. The Bertz CT molecular complexity index is 416. The molecule has 4 nitrogen and oxygen atoms in total. The third-order valence-corrected chi connectivity index (χ3v) is 3.54. The quantitative estimate of drug-likeness (QED) is 0.890. The summed E-state index contributed by atoms with van der Waals surface area (Å²) < 4.78 is 38.6. The monoisotopic (exact) mass is 275 g/mol. The first-order chi connectivity index (χ1) is 8.98. The van der Waals surface area contributed by atoms with Crippen LogP contribution < -0.4 is 5.32 Å². The molecule has 106 valence electrons. The van der Waals surface area contributed by atoms with E-state index in [0.717, 1.165) is 5.56 Å². The predicted molar refractivity (Wildman–Crippen MR) is 61.9 cm³/mol. The number of amides is 1. The molecule has 0 spiro atoms. The van der Waals surface area contributed by atoms with Crippen molar-refractivity contribution in [1.82, 2.24) is 15.5 Å². The van der Waals surface area contributed by atoms with E-state index >= 15 is 0 Å². The summed E-state index contributed by atoms with van der Waals surface area (Å²) in [6.45, 7) is 0.205. The zero-order valence-corrected chi connectivity index (χ0v) is 10.3. The fraction of sp³-hybridized carbons (Fsp3) is 0.667. The molecule has 0 radical (unpaired) electrons. The van der Waals surface area contributed by atoms with Crippen LogP contribution in [0.5, 0.6) is 0 Å². The topological polar surface area (TPSA) is 57.8 Å². The molecule has 1 fully saturated rings. The Labute approximate surface area is 108 Å². The van der Waals surface area contributed by atoms with Crippen LogP contribution in [0.15, 0.2) is 12.4 Å². The molecule has 0 aromatic carbocycles. The average Bonchev–Trinajstić information content (AvgIpc) is 2.88. The fourth-order valence-corrected chi connectivity index (χ4v) is 2.53. The number of carbonyl (C=O) groups excluding carboxylic acids is 1. The first-order valence-electron chi connectivity index (χ1n) is 6.30. The van der Waals surface area contributed by atoms with Gasteiger partial charge in [0, 0.05) is 24.2 Å². The van der Waals surface area contributed by atoms with Crippen LogP contribution in [-0.4, -0.2) is 22.3 Å². The van der Waals surface area contributed by atoms with E-state index in [2.05, 4.69) is 15.5 Å². The Morgan fingerprint density at radius 2 is 2.16 bits per heavy atom. The maximum atomic E-state index is 12.9. The van der Waals surface area contributed by atoms with Crippen LogP contribution >= 0.6 is 0 Å². The molecule has 0 bridgehead atoms. The lowest BCUT2D eigenvalue weighted by molar-refractivity contribution is -0.198. The van der Waals surface area contributed by atoms with Gasteiger partial charge in [-0.25, -0.2) is 0 Å². The summed E-state index contributed by atoms with van der Waals surface area (Å²) in [4.78, 5) is 11.9. The number of H-pyrrole nitrogens is 1. The molecule has 2 N–H and O–H groups in total. The Hall–Kier alpha value is -1.53. The molecule has 1 aliphatic carbocycles. The Balaban J connectivity index is 1.95. The van der Waals surface area contributed by atoms with Crippen molar-refractivity contribution < 1.29 is 18.0 Å². The van der Waals surface area contributed by atoms with Gasteiger partial charge in [-0.15, -0.1) is 0 Å². The lowest BCUT2D eigenvalue weighted by Gasteiger charge is -2.31. The molecule has 19 heavy (non-hydrogen) atoms. The second-order valence-corrected chi connectivity index (χ2v) is 4.86. The molecular weight excluding hydrogens is 259 g/mol. The Morgan fingerprint density at radius 1 is 1.42 bits per heavy atom. The first-order valence-corrected chi connectivity index (χ1v) is 6.30. The molecule has 1 saturated carbocycles. The van der Waals surface area contributed by atoms with Gasteiger partial charge in [-0.1, -0.05) is 12.8 Å². The van der Waals surface area contributed by atoms with Crippen LogP contribution in [0, 0.1) is 11.8 Å². The van der Waals surface area contributed by atoms with Crippen LogP contribution in [0.2, 0.25) is 0 Å². The van der Waals surface area contributed by atoms with E-state index in [0.29, 0.717) is 19.3 Å². The molecule has 2 rings (SSSR count). The molecule has 1 amide bonds. The minimum absolute atomic E-state index is 0.0489. The maximum absolute atomic E-state index is 12.9. The van der Waals surface area contributed by atoms with Crippen LogP contribution in [-0.2, 0) is 11.3 Å². The van der Waals surface area contributed by atoms with Crippen molar-refractivity contribution in [2.45, 2.75) is 38.4 Å². The van der Waals surface area contributed by atoms with Crippen molar-refractivity contribution in [2.24, 2.45) is 11.8 Å². The number of carbonyl (C=O) groups is 1. The summed E-state index contributed by atoms with van der Waals surface area (Å²) in [5.41, 5.74) is 0.743. The van der Waals surface area contributed by atoms with E-state index < -0.39 is 23.9 Å². The number of alkyl halides is 3. The summed E-state index contributed by atoms with van der Waals surface area (Å²) >= 11 is 0. The largest absolute Gasteiger partial charge is 0.392 e. The third kappa shape index (κ3) is 3.48. The van der Waals surface area contributed by atoms with Crippen molar-refractivity contribution in [3.63, 3.8) is 0 Å². The van der Waals surface area contributed by atoms with Crippen LogP contribution in [0.4, 0.5) is 13.2 Å². The van der Waals surface area contributed by atoms with Gasteiger partial charge in [0.2, 0.25) is 5.91 Å². The van der Waals surface area contributed by atoms with Gasteiger partial charge < -0.3 is 5.32 Å². The predicted octanol–water partition coefficient (Wildman–Crippen LogP) is 2.39. The van der Waals surface area contributed by atoms with Crippen molar-refractivity contribution in [1.29, 1.82) is 0 Å². The van der Waals surface area contributed by atoms with Crippen LogP contribution in [0.3, 0.4) is 0 Å². The minimum Gasteiger partial charge on any atom is -0.352 e. The number of aromatic amines is 1. The van der Waals surface area contributed by atoms with Gasteiger partial charge in [-0.2, -0.15) is 18.3 Å². The summed E-state index contributed by atoms with van der Waals surface area (Å²) in [6, 6.07) is 0. The van der Waals surface area contributed by atoms with Gasteiger partial charge in [0.15, 0.2) is 0 Å². The molecule has 2 atom stereocenters. The number of nitrogens with one attached hydrogen (secondary N) is 2. The lowest BCUT2D eigenvalue weighted by atomic mass is 9.78. The standard InChI is InChI=1S/C12H16F3N3O/c13-12(14,15)10-4-2-1-3-9(10)11(19)16-5-8-6-17-18-7-8/h6-7,9-10H,1-5H2,(H,16,19)(H,17,18). The van der Waals surface area contributed by atoms with Gasteiger partial charge in [0.05, 0.1) is 12.1 Å². The third-order valence-electron chi connectivity index (χ3n) is 3.54. The number of nitrogens with zero attached hydrogens (tertiary/aromatic N) is 1. The maximum Gasteiger partial charge on any atom is 0.392 e. The Morgan fingerprint density at radius 3 is 2.79 bits per heavy atom. The van der Waals surface area contributed by atoms with Crippen molar-refractivity contribution in [3.8, 4) is 0 Å². The highest BCUT2D eigenvalue weighted by Crippen LogP contribution is 2.41. The molecule has 1 heterocycles. The first kappa shape index (κ1) is 13.9. The molecule has 0 saturated heterocycles. The summed E-state index contributed by atoms with van der Waals surface area (Å²) in [5, 5.41) is 8.85. The van der Waals surface area contributed by atoms with Crippen molar-refractivity contribution >= 4 is 5.91 Å². The fourth-order valence-electron chi connectivity index (χ4n) is 2.53. The van der Waals surface area contributed by atoms with E-state index in [9.17, 15) is 18.0 Å². The van der Waals surface area contributed by atoms with E-state index in [-0.39, 0.29) is 13.0 Å². The van der Waals surface area contributed by atoms with E-state index in [1.165, 1.54) is 6.20 Å². The number of rotatable bonds is 3. The molecule has 7 heteroatoms. The highest BCUT2D eigenvalue weighted by Gasteiger charge is 2.47. The van der Waals surface area contributed by atoms with E-state index in [1.54, 1.807) is 6.20 Å². The van der Waals surface area contributed by atoms with E-state index in [1.807, 2.05) is 0 Å². The highest BCUT2D eigenvalue weighted by atomic mass is 19.4. The number of hydrogen-bond acceptors (Lipinski definition) is 2. The smallest absolute Gasteiger partial charge is 0.352 e. The van der Waals surface area contributed by atoms with Gasteiger partial charge in [0.25, 0.3) is 0 Å². The van der Waals surface area contributed by atoms with E-state index in [4.69, 9.17) is 0 Å². The summed E-state index contributed by atoms with van der Waals surface area (Å²) in [6.07, 6.45) is 0.406. The molecule has 0 aliphatic heterocycles. The highest BCUT2D eigenvalue weighted by molar-refractivity contribution is 5.79. The number of halogens is 3. The molecular formula is C12H16F3N3O. The Kier molecular flexibility index (Phi) is 4.11. The second-order valence-electron chi connectivity index (χ2n) is 4.86.